The molecule has 7 nitrogen and oxygen atoms in total. The van der Waals surface area contributed by atoms with Crippen LogP contribution in [-0.4, -0.2) is 12.1 Å². The third-order valence-electron chi connectivity index (χ3n) is 3.16. The zero-order valence-electron chi connectivity index (χ0n) is 12.3. The van der Waals surface area contributed by atoms with Crippen molar-refractivity contribution < 1.29 is 4.74 Å². The summed E-state index contributed by atoms with van der Waals surface area (Å²) in [6.45, 7) is 0. The van der Waals surface area contributed by atoms with Crippen molar-refractivity contribution in [1.82, 2.24) is 4.98 Å². The Labute approximate surface area is 133 Å². The SMILES string of the molecule is COc1ccc(Nc2nc(N)c(C#N)c(CC#N)c2C#N)cc1. The summed E-state index contributed by atoms with van der Waals surface area (Å²) >= 11 is 0. The highest BCUT2D eigenvalue weighted by Crippen LogP contribution is 2.28. The molecule has 0 radical (unpaired) electrons. The minimum atomic E-state index is -0.101. The predicted molar refractivity (Wildman–Crippen MR) is 83.7 cm³/mol. The first kappa shape index (κ1) is 15.6. The van der Waals surface area contributed by atoms with Crippen molar-refractivity contribution >= 4 is 17.3 Å². The molecule has 3 N–H and O–H groups in total. The number of pyridine rings is 1. The van der Waals surface area contributed by atoms with E-state index in [1.54, 1.807) is 31.4 Å². The van der Waals surface area contributed by atoms with Crippen LogP contribution < -0.4 is 15.8 Å². The molecule has 1 aromatic carbocycles. The number of anilines is 3. The molecule has 0 unspecified atom stereocenters. The van der Waals surface area contributed by atoms with Gasteiger partial charge in [-0.2, -0.15) is 15.8 Å². The number of nitriles is 3. The highest BCUT2D eigenvalue weighted by atomic mass is 16.5. The van der Waals surface area contributed by atoms with E-state index in [-0.39, 0.29) is 34.7 Å². The van der Waals surface area contributed by atoms with Gasteiger partial charge in [0, 0.05) is 11.3 Å². The number of methoxy groups -OCH3 is 1. The highest BCUT2D eigenvalue weighted by molar-refractivity contribution is 5.71. The van der Waals surface area contributed by atoms with Gasteiger partial charge in [0.1, 0.15) is 29.3 Å². The lowest BCUT2D eigenvalue weighted by Gasteiger charge is -2.13. The maximum absolute atomic E-state index is 9.39. The first-order valence-corrected chi connectivity index (χ1v) is 6.55. The Hall–Kier alpha value is -3.76. The van der Waals surface area contributed by atoms with Gasteiger partial charge in [-0.05, 0) is 24.3 Å². The smallest absolute Gasteiger partial charge is 0.151 e. The summed E-state index contributed by atoms with van der Waals surface area (Å²) in [5.41, 5.74) is 6.91. The third kappa shape index (κ3) is 3.12. The van der Waals surface area contributed by atoms with Crippen LogP contribution in [-0.2, 0) is 6.42 Å². The molecular formula is C16H12N6O. The fourth-order valence-electron chi connectivity index (χ4n) is 2.06. The Balaban J connectivity index is 2.52. The summed E-state index contributed by atoms with van der Waals surface area (Å²) in [6, 6.07) is 12.8. The van der Waals surface area contributed by atoms with Crippen LogP contribution in [0, 0.1) is 34.0 Å². The molecule has 0 fully saturated rings. The number of nitrogens with one attached hydrogen (secondary N) is 1. The van der Waals surface area contributed by atoms with Crippen molar-refractivity contribution in [3.05, 3.63) is 41.0 Å². The summed E-state index contributed by atoms with van der Waals surface area (Å²) in [6.07, 6.45) is -0.101. The van der Waals surface area contributed by atoms with Gasteiger partial charge in [0.25, 0.3) is 0 Å². The molecule has 2 rings (SSSR count). The Kier molecular flexibility index (Phi) is 4.62. The number of rotatable bonds is 4. The summed E-state index contributed by atoms with van der Waals surface area (Å²) in [5.74, 6) is 0.876. The predicted octanol–water partition coefficient (Wildman–Crippen LogP) is 2.23. The molecule has 2 aromatic rings. The molecule has 0 amide bonds. The Bertz CT molecular complexity index is 853. The van der Waals surface area contributed by atoms with Crippen LogP contribution in [0.1, 0.15) is 16.7 Å². The Morgan fingerprint density at radius 3 is 2.30 bits per heavy atom. The first-order chi connectivity index (χ1) is 11.1. The number of hydrogen-bond donors (Lipinski definition) is 2. The number of aromatic nitrogens is 1. The molecule has 112 valence electrons. The van der Waals surface area contributed by atoms with E-state index < -0.39 is 0 Å². The van der Waals surface area contributed by atoms with Crippen molar-refractivity contribution in [3.8, 4) is 24.0 Å². The van der Waals surface area contributed by atoms with Gasteiger partial charge < -0.3 is 15.8 Å². The second-order valence-electron chi connectivity index (χ2n) is 4.49. The number of ether oxygens (including phenoxy) is 1. The van der Waals surface area contributed by atoms with Crippen molar-refractivity contribution in [2.45, 2.75) is 6.42 Å². The number of nitrogen functional groups attached to an aromatic ring is 1. The van der Waals surface area contributed by atoms with Crippen LogP contribution >= 0.6 is 0 Å². The normalized spacial score (nSPS) is 9.30. The van der Waals surface area contributed by atoms with E-state index in [0.717, 1.165) is 0 Å². The van der Waals surface area contributed by atoms with E-state index >= 15 is 0 Å². The van der Waals surface area contributed by atoms with Gasteiger partial charge in [-0.15, -0.1) is 0 Å². The van der Waals surface area contributed by atoms with Crippen LogP contribution in [0.2, 0.25) is 0 Å². The van der Waals surface area contributed by atoms with Gasteiger partial charge in [0.15, 0.2) is 5.82 Å². The summed E-state index contributed by atoms with van der Waals surface area (Å²) < 4.78 is 5.08. The van der Waals surface area contributed by atoms with Gasteiger partial charge in [-0.1, -0.05) is 0 Å². The van der Waals surface area contributed by atoms with E-state index in [1.165, 1.54) is 0 Å². The summed E-state index contributed by atoms with van der Waals surface area (Å²) in [7, 11) is 1.56. The van der Waals surface area contributed by atoms with Crippen molar-refractivity contribution in [3.63, 3.8) is 0 Å². The lowest BCUT2D eigenvalue weighted by Crippen LogP contribution is -2.08. The van der Waals surface area contributed by atoms with E-state index in [2.05, 4.69) is 10.3 Å². The third-order valence-corrected chi connectivity index (χ3v) is 3.16. The van der Waals surface area contributed by atoms with Gasteiger partial charge in [-0.3, -0.25) is 0 Å². The highest BCUT2D eigenvalue weighted by Gasteiger charge is 2.18. The fourth-order valence-corrected chi connectivity index (χ4v) is 2.06. The number of nitrogens with zero attached hydrogens (tertiary/aromatic N) is 4. The maximum Gasteiger partial charge on any atom is 0.151 e. The van der Waals surface area contributed by atoms with Crippen LogP contribution in [0.3, 0.4) is 0 Å². The van der Waals surface area contributed by atoms with E-state index in [0.29, 0.717) is 11.4 Å². The van der Waals surface area contributed by atoms with E-state index in [9.17, 15) is 5.26 Å². The Morgan fingerprint density at radius 2 is 1.78 bits per heavy atom. The van der Waals surface area contributed by atoms with Gasteiger partial charge >= 0.3 is 0 Å². The molecule has 0 aliphatic rings. The average Bonchev–Trinajstić information content (AvgIpc) is 2.56. The van der Waals surface area contributed by atoms with Crippen molar-refractivity contribution in [2.75, 3.05) is 18.2 Å². The number of benzene rings is 1. The molecule has 0 spiro atoms. The molecule has 1 aromatic heterocycles. The summed E-state index contributed by atoms with van der Waals surface area (Å²) in [5, 5.41) is 30.5. The van der Waals surface area contributed by atoms with Gasteiger partial charge in [0.2, 0.25) is 0 Å². The second-order valence-corrected chi connectivity index (χ2v) is 4.49. The largest absolute Gasteiger partial charge is 0.497 e. The fraction of sp³-hybridized carbons (Fsp3) is 0.125. The van der Waals surface area contributed by atoms with Crippen molar-refractivity contribution in [2.24, 2.45) is 0 Å². The standard InChI is InChI=1S/C16H12N6O/c1-23-11-4-2-10(3-5-11)21-16-14(9-19)12(6-7-17)13(8-18)15(20)22-16/h2-5H,6H2,1H3,(H3,20,21,22). The number of nitrogens with two attached hydrogens (primary N) is 1. The minimum absolute atomic E-state index is 0.0206. The molecule has 0 aliphatic heterocycles. The van der Waals surface area contributed by atoms with E-state index in [4.69, 9.17) is 21.0 Å². The van der Waals surface area contributed by atoms with Crippen LogP contribution in [0.25, 0.3) is 0 Å². The molecule has 1 heterocycles. The molecular weight excluding hydrogens is 292 g/mol. The molecule has 0 saturated carbocycles. The number of hydrogen-bond acceptors (Lipinski definition) is 7. The van der Waals surface area contributed by atoms with Crippen LogP contribution in [0.5, 0.6) is 5.75 Å². The summed E-state index contributed by atoms with van der Waals surface area (Å²) in [4.78, 5) is 4.08. The minimum Gasteiger partial charge on any atom is -0.497 e. The monoisotopic (exact) mass is 304 g/mol. The van der Waals surface area contributed by atoms with Gasteiger partial charge in [-0.25, -0.2) is 4.98 Å². The quantitative estimate of drug-likeness (QED) is 0.885. The molecule has 0 atom stereocenters. The second kappa shape index (κ2) is 6.80. The first-order valence-electron chi connectivity index (χ1n) is 6.55. The van der Waals surface area contributed by atoms with Gasteiger partial charge in [0.05, 0.1) is 25.2 Å². The molecule has 23 heavy (non-hydrogen) atoms. The van der Waals surface area contributed by atoms with Crippen molar-refractivity contribution in [1.29, 1.82) is 15.8 Å². The lowest BCUT2D eigenvalue weighted by molar-refractivity contribution is 0.415. The van der Waals surface area contributed by atoms with Crippen LogP contribution in [0.4, 0.5) is 17.3 Å². The molecule has 0 saturated heterocycles. The molecule has 0 aliphatic carbocycles. The molecule has 7 heteroatoms. The molecule has 0 bridgehead atoms. The maximum atomic E-state index is 9.39. The van der Waals surface area contributed by atoms with Crippen LogP contribution in [0.15, 0.2) is 24.3 Å². The lowest BCUT2D eigenvalue weighted by atomic mass is 10.0. The zero-order chi connectivity index (χ0) is 16.8. The zero-order valence-corrected chi connectivity index (χ0v) is 12.3. The average molecular weight is 304 g/mol. The van der Waals surface area contributed by atoms with E-state index in [1.807, 2.05) is 18.2 Å². The topological polar surface area (TPSA) is 132 Å². The Morgan fingerprint density at radius 1 is 1.13 bits per heavy atom.